The Hall–Kier alpha value is -5.93. The zero-order valence-electron chi connectivity index (χ0n) is 49.2. The van der Waals surface area contributed by atoms with Gasteiger partial charge in [0.2, 0.25) is 35.4 Å². The number of nitrogens with one attached hydrogen (secondary N) is 7. The number of piperazine rings is 1. The Morgan fingerprint density at radius 1 is 0.639 bits per heavy atom. The van der Waals surface area contributed by atoms with Crippen molar-refractivity contribution in [1.82, 2.24) is 46.4 Å². The number of hydrogen-bond donors (Lipinski definition) is 10. The highest BCUT2D eigenvalue weighted by atomic mass is 32.2. The highest BCUT2D eigenvalue weighted by Crippen LogP contribution is 2.22. The topological polar surface area (TPSA) is 375 Å². The molecule has 0 bridgehead atoms. The molecule has 1 saturated heterocycles. The van der Waals surface area contributed by atoms with E-state index >= 15 is 0 Å². The van der Waals surface area contributed by atoms with Gasteiger partial charge in [0, 0.05) is 64.3 Å². The summed E-state index contributed by atoms with van der Waals surface area (Å²) in [5, 5.41) is 22.9. The van der Waals surface area contributed by atoms with Crippen molar-refractivity contribution in [3.63, 3.8) is 0 Å². The van der Waals surface area contributed by atoms with E-state index < -0.39 is 97.8 Å². The predicted molar refractivity (Wildman–Crippen MR) is 321 cm³/mol. The van der Waals surface area contributed by atoms with E-state index in [1.807, 2.05) is 17.9 Å². The second-order valence-electron chi connectivity index (χ2n) is 21.8. The lowest BCUT2D eigenvalue weighted by molar-refractivity contribution is -0.135. The summed E-state index contributed by atoms with van der Waals surface area (Å²) in [6.45, 7) is 5.82. The van der Waals surface area contributed by atoms with Crippen LogP contribution in [0.5, 0.6) is 0 Å². The van der Waals surface area contributed by atoms with Crippen molar-refractivity contribution in [2.75, 3.05) is 62.7 Å². The molecule has 1 aliphatic rings. The first kappa shape index (κ1) is 71.3. The maximum Gasteiger partial charge on any atom is 0.264 e. The molecule has 0 spiro atoms. The number of nitrogens with zero attached hydrogens (tertiary/aromatic N) is 4. The summed E-state index contributed by atoms with van der Waals surface area (Å²) in [4.78, 5) is 101. The lowest BCUT2D eigenvalue weighted by atomic mass is 10.0. The third kappa shape index (κ3) is 29.9. The van der Waals surface area contributed by atoms with Crippen LogP contribution in [0.3, 0.4) is 0 Å². The minimum Gasteiger partial charge on any atom is -0.370 e. The van der Waals surface area contributed by atoms with Crippen molar-refractivity contribution in [1.29, 1.82) is 5.41 Å². The van der Waals surface area contributed by atoms with Gasteiger partial charge in [0.15, 0.2) is 5.96 Å². The molecular weight excluding hydrogens is 1110 g/mol. The second-order valence-corrected chi connectivity index (χ2v) is 25.0. The van der Waals surface area contributed by atoms with Crippen molar-refractivity contribution in [3.05, 3.63) is 34.9 Å². The van der Waals surface area contributed by atoms with E-state index in [9.17, 15) is 59.5 Å². The SMILES string of the molecule is CCCCCCCCCCCCCCCCCCCC(=O)N[C@@H](CCS(=O)(=O)O)C(=O)N[C@@H](CCS(=O)(=O)O)C(=O)NCCCC[C@H](C)C(=O)N1CCN(c2ccc3ncn(CC(=O)N[C@@H](CCCNC(=N)N)C(=O)NC)c(=O)c3c2)CC1. The van der Waals surface area contributed by atoms with E-state index in [-0.39, 0.29) is 49.1 Å². The molecule has 1 fully saturated rings. The van der Waals surface area contributed by atoms with Crippen LogP contribution in [0.1, 0.15) is 174 Å². The van der Waals surface area contributed by atoms with Crippen LogP contribution >= 0.6 is 0 Å². The van der Waals surface area contributed by atoms with Gasteiger partial charge in [-0.3, -0.25) is 52.6 Å². The van der Waals surface area contributed by atoms with Crippen molar-refractivity contribution in [3.8, 4) is 0 Å². The molecule has 0 radical (unpaired) electrons. The Morgan fingerprint density at radius 3 is 1.70 bits per heavy atom. The Morgan fingerprint density at radius 2 is 1.16 bits per heavy atom. The summed E-state index contributed by atoms with van der Waals surface area (Å²) < 4.78 is 66.8. The summed E-state index contributed by atoms with van der Waals surface area (Å²) in [6, 6.07) is 1.38. The normalized spacial score (nSPS) is 14.3. The number of anilines is 1. The molecule has 0 unspecified atom stereocenters. The molecule has 470 valence electrons. The number of benzene rings is 1. The summed E-state index contributed by atoms with van der Waals surface area (Å²) in [6.07, 6.45) is 22.3. The van der Waals surface area contributed by atoms with Crippen molar-refractivity contribution >= 4 is 78.2 Å². The largest absolute Gasteiger partial charge is 0.370 e. The summed E-state index contributed by atoms with van der Waals surface area (Å²) in [5.41, 5.74) is 6.02. The highest BCUT2D eigenvalue weighted by Gasteiger charge is 2.30. The van der Waals surface area contributed by atoms with Crippen LogP contribution in [-0.4, -0.2) is 158 Å². The molecule has 1 aromatic carbocycles. The Kier molecular flexibility index (Phi) is 33.4. The number of nitrogens with two attached hydrogens (primary N) is 1. The average Bonchev–Trinajstić information content (AvgIpc) is 3.45. The minimum absolute atomic E-state index is 0.0573. The Balaban J connectivity index is 1.44. The quantitative estimate of drug-likeness (QED) is 0.0194. The zero-order valence-corrected chi connectivity index (χ0v) is 50.9. The van der Waals surface area contributed by atoms with Gasteiger partial charge in [-0.2, -0.15) is 16.8 Å². The van der Waals surface area contributed by atoms with Crippen LogP contribution < -0.4 is 48.1 Å². The number of amides is 6. The van der Waals surface area contributed by atoms with Crippen LogP contribution in [0.15, 0.2) is 29.3 Å². The fraction of sp³-hybridized carbons (Fsp3) is 0.732. The van der Waals surface area contributed by atoms with E-state index in [1.54, 1.807) is 17.0 Å². The van der Waals surface area contributed by atoms with E-state index in [0.29, 0.717) is 70.3 Å². The molecule has 4 atom stereocenters. The van der Waals surface area contributed by atoms with Crippen LogP contribution in [0.4, 0.5) is 5.69 Å². The maximum atomic E-state index is 13.6. The number of hydrogen-bond acceptors (Lipinski definition) is 14. The number of aromatic nitrogens is 2. The van der Waals surface area contributed by atoms with E-state index in [2.05, 4.69) is 43.8 Å². The third-order valence-electron chi connectivity index (χ3n) is 14.9. The van der Waals surface area contributed by atoms with Gasteiger partial charge in [-0.1, -0.05) is 123 Å². The molecule has 2 aromatic rings. The fourth-order valence-electron chi connectivity index (χ4n) is 9.97. The van der Waals surface area contributed by atoms with Crippen LogP contribution in [0.25, 0.3) is 10.9 Å². The summed E-state index contributed by atoms with van der Waals surface area (Å²) >= 11 is 0. The highest BCUT2D eigenvalue weighted by molar-refractivity contribution is 7.86. The number of guanidine groups is 1. The van der Waals surface area contributed by atoms with Crippen molar-refractivity contribution < 1.29 is 54.7 Å². The lowest BCUT2D eigenvalue weighted by Gasteiger charge is -2.37. The zero-order chi connectivity index (χ0) is 61.2. The first-order valence-corrected chi connectivity index (χ1v) is 33.1. The van der Waals surface area contributed by atoms with Gasteiger partial charge >= 0.3 is 0 Å². The molecular formula is C56H96N12O13S2. The maximum absolute atomic E-state index is 13.6. The van der Waals surface area contributed by atoms with E-state index in [1.165, 1.54) is 95.0 Å². The Labute approximate surface area is 491 Å². The number of rotatable bonds is 43. The first-order chi connectivity index (χ1) is 39.5. The van der Waals surface area contributed by atoms with Gasteiger partial charge in [-0.15, -0.1) is 0 Å². The van der Waals surface area contributed by atoms with Gasteiger partial charge in [0.25, 0.3) is 25.8 Å². The standard InChI is InChI=1S/C56H96N12O13S2/c1-4-5-6-7-8-9-10-11-12-13-14-15-16-17-18-19-20-26-49(69)63-48(30-38-83(79,80)81)53(73)65-47(29-37-82(76,77)78)52(72)60-31-22-21-24-42(2)54(74)67-35-33-66(34-36-67)43-27-28-45-44(39-43)55(75)68(41-62-45)40-50(70)64-46(51(71)59-3)25-23-32-61-56(57)58/h27-28,39,41-42,46-48H,4-26,29-38,40H2,1-3H3,(H,59,71)(H,60,72)(H,63,69)(H,64,70)(H,65,73)(H4,57,58,61)(H,76,77,78)(H,79,80,81)/t42-,46-,47-,48-/m0/s1. The van der Waals surface area contributed by atoms with Crippen LogP contribution in [-0.2, 0) is 55.5 Å². The number of likely N-dealkylation sites (N-methyl/N-ethyl adjacent to an activating group) is 1. The van der Waals surface area contributed by atoms with Crippen molar-refractivity contribution in [2.24, 2.45) is 11.7 Å². The molecule has 1 aromatic heterocycles. The van der Waals surface area contributed by atoms with Crippen molar-refractivity contribution in [2.45, 2.75) is 199 Å². The molecule has 27 heteroatoms. The van der Waals surface area contributed by atoms with E-state index in [0.717, 1.165) is 31.4 Å². The lowest BCUT2D eigenvalue weighted by Crippen LogP contribution is -2.54. The minimum atomic E-state index is -4.58. The number of unbranched alkanes of at least 4 members (excludes halogenated alkanes) is 17. The average molecular weight is 1210 g/mol. The fourth-order valence-corrected chi connectivity index (χ4v) is 11.0. The molecule has 0 saturated carbocycles. The molecule has 3 rings (SSSR count). The summed E-state index contributed by atoms with van der Waals surface area (Å²) in [5.74, 6) is -5.69. The predicted octanol–water partition coefficient (Wildman–Crippen LogP) is 4.03. The van der Waals surface area contributed by atoms with Crippen LogP contribution in [0.2, 0.25) is 0 Å². The van der Waals surface area contributed by atoms with Gasteiger partial charge in [-0.25, -0.2) is 4.98 Å². The summed E-state index contributed by atoms with van der Waals surface area (Å²) in [7, 11) is -7.69. The van der Waals surface area contributed by atoms with Gasteiger partial charge in [0.1, 0.15) is 24.7 Å². The van der Waals surface area contributed by atoms with Gasteiger partial charge < -0.3 is 47.4 Å². The van der Waals surface area contributed by atoms with Gasteiger partial charge in [0.05, 0.1) is 28.7 Å². The molecule has 83 heavy (non-hydrogen) atoms. The molecule has 11 N–H and O–H groups in total. The third-order valence-corrected chi connectivity index (χ3v) is 16.4. The smallest absolute Gasteiger partial charge is 0.264 e. The number of carbonyl (C=O) groups is 6. The van der Waals surface area contributed by atoms with Gasteiger partial charge in [-0.05, 0) is 63.1 Å². The molecule has 2 heterocycles. The molecule has 6 amide bonds. The number of fused-ring (bicyclic) bond motifs is 1. The Bertz CT molecular complexity index is 2650. The second kappa shape index (κ2) is 38.8. The monoisotopic (exact) mass is 1210 g/mol. The molecule has 1 aliphatic heterocycles. The van der Waals surface area contributed by atoms with E-state index in [4.69, 9.17) is 11.1 Å². The number of carbonyl (C=O) groups excluding carboxylic acids is 6. The first-order valence-electron chi connectivity index (χ1n) is 29.9. The van der Waals surface area contributed by atoms with Crippen LogP contribution in [0, 0.1) is 11.3 Å². The molecule has 25 nitrogen and oxygen atoms in total. The molecule has 0 aliphatic carbocycles.